The van der Waals surface area contributed by atoms with Gasteiger partial charge in [-0.25, -0.2) is 0 Å². The average Bonchev–Trinajstić information content (AvgIpc) is 2.63. The highest BCUT2D eigenvalue weighted by Gasteiger charge is 2.40. The smallest absolute Gasteiger partial charge is 0.143 e. The zero-order valence-electron chi connectivity index (χ0n) is 11.6. The summed E-state index contributed by atoms with van der Waals surface area (Å²) < 4.78 is 0. The van der Waals surface area contributed by atoms with Crippen LogP contribution in [0.4, 0.5) is 5.69 Å². The molecule has 1 aromatic carbocycles. The molecule has 2 nitrogen and oxygen atoms in total. The molecule has 1 fully saturated rings. The molecule has 0 amide bonds. The number of hydrogen-bond acceptors (Lipinski definition) is 2. The van der Waals surface area contributed by atoms with Crippen LogP contribution in [-0.2, 0) is 4.79 Å². The van der Waals surface area contributed by atoms with Crippen molar-refractivity contribution in [1.82, 2.24) is 0 Å². The Morgan fingerprint density at radius 1 is 1.28 bits per heavy atom. The highest BCUT2D eigenvalue weighted by molar-refractivity contribution is 5.88. The van der Waals surface area contributed by atoms with Gasteiger partial charge in [0.25, 0.3) is 0 Å². The molecule has 1 atom stereocenters. The molecule has 98 valence electrons. The number of carbonyl (C=O) groups excluding carboxylic acids is 1. The third-order valence-corrected chi connectivity index (χ3v) is 4.10. The van der Waals surface area contributed by atoms with Crippen LogP contribution in [0.2, 0.25) is 0 Å². The molecule has 0 heterocycles. The zero-order chi connectivity index (χ0) is 13.2. The monoisotopic (exact) mass is 245 g/mol. The van der Waals surface area contributed by atoms with Crippen molar-refractivity contribution in [3.63, 3.8) is 0 Å². The number of nitrogens with zero attached hydrogens (tertiary/aromatic N) is 1. The molecule has 18 heavy (non-hydrogen) atoms. The number of para-hydroxylation sites is 1. The Morgan fingerprint density at radius 2 is 1.94 bits per heavy atom. The fraction of sp³-hybridized carbons (Fsp3) is 0.562. The van der Waals surface area contributed by atoms with Gasteiger partial charge in [0.15, 0.2) is 0 Å². The van der Waals surface area contributed by atoms with E-state index in [0.29, 0.717) is 5.78 Å². The van der Waals surface area contributed by atoms with Gasteiger partial charge in [-0.1, -0.05) is 32.0 Å². The van der Waals surface area contributed by atoms with E-state index < -0.39 is 0 Å². The van der Waals surface area contributed by atoms with Crippen LogP contribution in [0, 0.1) is 11.3 Å². The number of rotatable bonds is 4. The van der Waals surface area contributed by atoms with Gasteiger partial charge in [0.05, 0.1) is 0 Å². The van der Waals surface area contributed by atoms with E-state index >= 15 is 0 Å². The van der Waals surface area contributed by atoms with Crippen LogP contribution in [0.15, 0.2) is 30.3 Å². The molecule has 0 aromatic heterocycles. The van der Waals surface area contributed by atoms with Crippen LogP contribution in [0.3, 0.4) is 0 Å². The molecule has 2 heteroatoms. The number of carbonyl (C=O) groups is 1. The van der Waals surface area contributed by atoms with Crippen LogP contribution >= 0.6 is 0 Å². The molecular weight excluding hydrogens is 222 g/mol. The van der Waals surface area contributed by atoms with Crippen molar-refractivity contribution >= 4 is 11.5 Å². The zero-order valence-corrected chi connectivity index (χ0v) is 11.6. The van der Waals surface area contributed by atoms with E-state index in [0.717, 1.165) is 25.9 Å². The minimum atomic E-state index is -0.110. The normalized spacial score (nSPS) is 22.2. The predicted octanol–water partition coefficient (Wildman–Crippen LogP) is 3.52. The van der Waals surface area contributed by atoms with Gasteiger partial charge < -0.3 is 4.90 Å². The van der Waals surface area contributed by atoms with Crippen molar-refractivity contribution in [3.8, 4) is 0 Å². The molecule has 0 saturated heterocycles. The van der Waals surface area contributed by atoms with E-state index in [1.54, 1.807) is 0 Å². The van der Waals surface area contributed by atoms with Gasteiger partial charge in [-0.3, -0.25) is 4.79 Å². The lowest BCUT2D eigenvalue weighted by molar-refractivity contribution is -0.127. The molecule has 0 bridgehead atoms. The van der Waals surface area contributed by atoms with Gasteiger partial charge in [-0.05, 0) is 31.9 Å². The predicted molar refractivity (Wildman–Crippen MR) is 75.8 cm³/mol. The Bertz CT molecular complexity index is 410. The second kappa shape index (κ2) is 5.13. The quantitative estimate of drug-likeness (QED) is 0.809. The molecule has 1 unspecified atom stereocenters. The van der Waals surface area contributed by atoms with Crippen LogP contribution in [0.5, 0.6) is 0 Å². The van der Waals surface area contributed by atoms with Crippen molar-refractivity contribution in [2.24, 2.45) is 11.3 Å². The van der Waals surface area contributed by atoms with E-state index in [9.17, 15) is 4.79 Å². The topological polar surface area (TPSA) is 20.3 Å². The lowest BCUT2D eigenvalue weighted by atomic mass is 9.89. The summed E-state index contributed by atoms with van der Waals surface area (Å²) >= 11 is 0. The van der Waals surface area contributed by atoms with Crippen LogP contribution < -0.4 is 4.90 Å². The average molecular weight is 245 g/mol. The van der Waals surface area contributed by atoms with Gasteiger partial charge in [0.1, 0.15) is 5.78 Å². The van der Waals surface area contributed by atoms with Crippen molar-refractivity contribution in [2.45, 2.75) is 33.6 Å². The van der Waals surface area contributed by atoms with Crippen LogP contribution in [0.1, 0.15) is 33.6 Å². The fourth-order valence-electron chi connectivity index (χ4n) is 2.84. The molecule has 1 aliphatic carbocycles. The molecule has 1 aromatic rings. The minimum absolute atomic E-state index is 0.110. The van der Waals surface area contributed by atoms with Crippen LogP contribution in [0.25, 0.3) is 0 Å². The molecule has 2 rings (SSSR count). The maximum absolute atomic E-state index is 12.3. The fourth-order valence-corrected chi connectivity index (χ4v) is 2.84. The highest BCUT2D eigenvalue weighted by atomic mass is 16.1. The van der Waals surface area contributed by atoms with Crippen molar-refractivity contribution in [2.75, 3.05) is 18.0 Å². The Kier molecular flexibility index (Phi) is 3.74. The standard InChI is InChI=1S/C16H23NO/c1-4-17(14-8-6-5-7-9-14)12-13-10-11-16(2,3)15(13)18/h5-9,13H,4,10-12H2,1-3H3. The molecule has 1 aliphatic rings. The van der Waals surface area contributed by atoms with Gasteiger partial charge in [-0.2, -0.15) is 0 Å². The summed E-state index contributed by atoms with van der Waals surface area (Å²) in [6, 6.07) is 10.4. The van der Waals surface area contributed by atoms with Gasteiger partial charge in [0, 0.05) is 30.1 Å². The summed E-state index contributed by atoms with van der Waals surface area (Å²) in [7, 11) is 0. The second-order valence-corrected chi connectivity index (χ2v) is 5.86. The molecule has 0 spiro atoms. The Hall–Kier alpha value is -1.31. The Morgan fingerprint density at radius 3 is 2.44 bits per heavy atom. The summed E-state index contributed by atoms with van der Waals surface area (Å²) in [6.07, 6.45) is 2.07. The van der Waals surface area contributed by atoms with E-state index in [4.69, 9.17) is 0 Å². The van der Waals surface area contributed by atoms with E-state index in [1.807, 2.05) is 6.07 Å². The van der Waals surface area contributed by atoms with E-state index in [-0.39, 0.29) is 11.3 Å². The van der Waals surface area contributed by atoms with Gasteiger partial charge >= 0.3 is 0 Å². The first-order valence-corrected chi connectivity index (χ1v) is 6.89. The third kappa shape index (κ3) is 2.58. The first-order valence-electron chi connectivity index (χ1n) is 6.89. The van der Waals surface area contributed by atoms with Crippen LogP contribution in [-0.4, -0.2) is 18.9 Å². The number of Topliss-reactive ketones (excluding diaryl/α,β-unsaturated/α-hetero) is 1. The van der Waals surface area contributed by atoms with E-state index in [1.165, 1.54) is 5.69 Å². The first-order chi connectivity index (χ1) is 8.54. The maximum atomic E-state index is 12.3. The summed E-state index contributed by atoms with van der Waals surface area (Å²) in [5.74, 6) is 0.650. The largest absolute Gasteiger partial charge is 0.371 e. The SMILES string of the molecule is CCN(CC1CCC(C)(C)C1=O)c1ccccc1. The number of benzene rings is 1. The Labute approximate surface area is 110 Å². The molecule has 1 saturated carbocycles. The summed E-state index contributed by atoms with van der Waals surface area (Å²) in [5, 5.41) is 0. The maximum Gasteiger partial charge on any atom is 0.143 e. The molecular formula is C16H23NO. The second-order valence-electron chi connectivity index (χ2n) is 5.86. The first kappa shape index (κ1) is 13.1. The Balaban J connectivity index is 2.07. The number of hydrogen-bond donors (Lipinski definition) is 0. The summed E-state index contributed by atoms with van der Waals surface area (Å²) in [4.78, 5) is 14.6. The highest BCUT2D eigenvalue weighted by Crippen LogP contribution is 2.38. The molecule has 0 aliphatic heterocycles. The van der Waals surface area contributed by atoms with E-state index in [2.05, 4.69) is 49.9 Å². The van der Waals surface area contributed by atoms with Gasteiger partial charge in [-0.15, -0.1) is 0 Å². The lowest BCUT2D eigenvalue weighted by Crippen LogP contribution is -2.33. The molecule has 0 radical (unpaired) electrons. The third-order valence-electron chi connectivity index (χ3n) is 4.10. The lowest BCUT2D eigenvalue weighted by Gasteiger charge is -2.26. The van der Waals surface area contributed by atoms with Crippen molar-refractivity contribution in [3.05, 3.63) is 30.3 Å². The van der Waals surface area contributed by atoms with Crippen molar-refractivity contribution < 1.29 is 4.79 Å². The number of ketones is 1. The number of anilines is 1. The molecule has 0 N–H and O–H groups in total. The van der Waals surface area contributed by atoms with Crippen molar-refractivity contribution in [1.29, 1.82) is 0 Å². The minimum Gasteiger partial charge on any atom is -0.371 e. The summed E-state index contributed by atoms with van der Waals surface area (Å²) in [6.45, 7) is 8.12. The summed E-state index contributed by atoms with van der Waals surface area (Å²) in [5.41, 5.74) is 1.11. The van der Waals surface area contributed by atoms with Gasteiger partial charge in [0.2, 0.25) is 0 Å².